The van der Waals surface area contributed by atoms with Crippen molar-refractivity contribution in [1.29, 1.82) is 0 Å². The third-order valence-corrected chi connectivity index (χ3v) is 3.52. The molecule has 0 atom stereocenters. The quantitative estimate of drug-likeness (QED) is 0.443. The number of anilines is 1. The third kappa shape index (κ3) is 6.08. The first-order chi connectivity index (χ1) is 10.1. The largest absolute Gasteiger partial charge is 0.349 e. The molecule has 0 bridgehead atoms. The molecule has 116 valence electrons. The molecule has 0 fully saturated rings. The van der Waals surface area contributed by atoms with Crippen molar-refractivity contribution in [3.63, 3.8) is 0 Å². The lowest BCUT2D eigenvalue weighted by molar-refractivity contribution is -0.384. The summed E-state index contributed by atoms with van der Waals surface area (Å²) in [4.78, 5) is 12.5. The van der Waals surface area contributed by atoms with Gasteiger partial charge in [0.25, 0.3) is 5.69 Å². The van der Waals surface area contributed by atoms with Crippen LogP contribution < -0.4 is 5.32 Å². The molecule has 1 rings (SSSR count). The van der Waals surface area contributed by atoms with Crippen LogP contribution in [0.4, 0.5) is 11.4 Å². The minimum Gasteiger partial charge on any atom is -0.349 e. The maximum absolute atomic E-state index is 10.8. The Balaban J connectivity index is 2.70. The van der Waals surface area contributed by atoms with Gasteiger partial charge in [-0.2, -0.15) is 0 Å². The fraction of sp³-hybridized carbons (Fsp3) is 0.533. The predicted octanol–water partition coefficient (Wildman–Crippen LogP) is 4.19. The second-order valence-corrected chi connectivity index (χ2v) is 5.32. The van der Waals surface area contributed by atoms with E-state index in [2.05, 4.69) is 24.1 Å². The van der Waals surface area contributed by atoms with Crippen molar-refractivity contribution in [3.8, 4) is 0 Å². The van der Waals surface area contributed by atoms with Crippen LogP contribution in [0.1, 0.15) is 39.5 Å². The molecule has 0 radical (unpaired) electrons. The Hall–Kier alpha value is -1.69. The molecule has 0 aliphatic heterocycles. The van der Waals surface area contributed by atoms with Crippen LogP contribution in [-0.4, -0.2) is 28.0 Å². The molecule has 0 spiro atoms. The maximum Gasteiger partial charge on any atom is 0.271 e. The summed E-state index contributed by atoms with van der Waals surface area (Å²) >= 11 is 5.44. The van der Waals surface area contributed by atoms with Crippen LogP contribution in [0, 0.1) is 10.1 Å². The molecular weight excluding hydrogens is 286 g/mol. The number of nitrogens with zero attached hydrogens (tertiary/aromatic N) is 2. The molecule has 6 heteroatoms. The molecule has 1 N–H and O–H groups in total. The molecule has 0 heterocycles. The van der Waals surface area contributed by atoms with Crippen molar-refractivity contribution < 1.29 is 4.92 Å². The number of hydrogen-bond donors (Lipinski definition) is 1. The molecule has 1 aromatic rings. The van der Waals surface area contributed by atoms with Crippen molar-refractivity contribution in [2.75, 3.05) is 18.4 Å². The first kappa shape index (κ1) is 17.4. The number of nitro benzene ring substituents is 1. The van der Waals surface area contributed by atoms with Crippen LogP contribution in [0.3, 0.4) is 0 Å². The van der Waals surface area contributed by atoms with E-state index in [0.717, 1.165) is 38.8 Å². The summed E-state index contributed by atoms with van der Waals surface area (Å²) < 4.78 is 0. The highest BCUT2D eigenvalue weighted by molar-refractivity contribution is 7.80. The van der Waals surface area contributed by atoms with Gasteiger partial charge in [-0.25, -0.2) is 0 Å². The van der Waals surface area contributed by atoms with E-state index in [1.165, 1.54) is 12.1 Å². The zero-order valence-corrected chi connectivity index (χ0v) is 13.5. The molecular formula is C15H23N3O2S. The third-order valence-electron chi connectivity index (χ3n) is 3.16. The molecule has 0 amide bonds. The van der Waals surface area contributed by atoms with Gasteiger partial charge in [-0.1, -0.05) is 32.8 Å². The predicted molar refractivity (Wildman–Crippen MR) is 90.7 cm³/mol. The highest BCUT2D eigenvalue weighted by atomic mass is 32.1. The van der Waals surface area contributed by atoms with Gasteiger partial charge >= 0.3 is 0 Å². The van der Waals surface area contributed by atoms with Gasteiger partial charge < -0.3 is 10.2 Å². The summed E-state index contributed by atoms with van der Waals surface area (Å²) in [5.74, 6) is 0. The minimum absolute atomic E-state index is 0.0662. The second-order valence-electron chi connectivity index (χ2n) is 4.93. The zero-order valence-electron chi connectivity index (χ0n) is 12.7. The van der Waals surface area contributed by atoms with E-state index < -0.39 is 4.92 Å². The second kappa shape index (κ2) is 9.28. The van der Waals surface area contributed by atoms with E-state index >= 15 is 0 Å². The number of unbranched alkanes of at least 4 members (excludes halogenated alkanes) is 2. The molecule has 0 saturated carbocycles. The van der Waals surface area contributed by atoms with Gasteiger partial charge in [0.15, 0.2) is 5.11 Å². The standard InChI is InChI=1S/C15H23N3O2S/c1-3-5-10-17(11-6-4-2)15(21)16-13-8-7-9-14(12-13)18(19)20/h7-9,12H,3-6,10-11H2,1-2H3,(H,16,21). The summed E-state index contributed by atoms with van der Waals surface area (Å²) in [5, 5.41) is 14.5. The number of thiocarbonyl (C=S) groups is 1. The summed E-state index contributed by atoms with van der Waals surface area (Å²) in [5.41, 5.74) is 0.726. The van der Waals surface area contributed by atoms with Gasteiger partial charge in [-0.3, -0.25) is 10.1 Å². The Bertz CT molecular complexity index is 472. The van der Waals surface area contributed by atoms with Gasteiger partial charge in [0.05, 0.1) is 4.92 Å². The summed E-state index contributed by atoms with van der Waals surface area (Å²) in [7, 11) is 0. The van der Waals surface area contributed by atoms with E-state index in [1.54, 1.807) is 12.1 Å². The van der Waals surface area contributed by atoms with Crippen LogP contribution in [-0.2, 0) is 0 Å². The number of rotatable bonds is 8. The molecule has 5 nitrogen and oxygen atoms in total. The summed E-state index contributed by atoms with van der Waals surface area (Å²) in [6, 6.07) is 6.42. The van der Waals surface area contributed by atoms with E-state index in [9.17, 15) is 10.1 Å². The Labute approximate surface area is 131 Å². The van der Waals surface area contributed by atoms with E-state index in [4.69, 9.17) is 12.2 Å². The smallest absolute Gasteiger partial charge is 0.271 e. The molecule has 0 unspecified atom stereocenters. The fourth-order valence-electron chi connectivity index (χ4n) is 1.91. The van der Waals surface area contributed by atoms with E-state index in [1.807, 2.05) is 0 Å². The number of nitrogens with one attached hydrogen (secondary N) is 1. The van der Waals surface area contributed by atoms with Gasteiger partial charge in [0, 0.05) is 30.9 Å². The Kier molecular flexibility index (Phi) is 7.68. The minimum atomic E-state index is -0.403. The van der Waals surface area contributed by atoms with E-state index in [0.29, 0.717) is 10.8 Å². The number of non-ortho nitro benzene ring substituents is 1. The molecule has 0 aromatic heterocycles. The van der Waals surface area contributed by atoms with Crippen LogP contribution in [0.2, 0.25) is 0 Å². The Morgan fingerprint density at radius 3 is 2.43 bits per heavy atom. The number of benzene rings is 1. The highest BCUT2D eigenvalue weighted by Crippen LogP contribution is 2.17. The molecule has 0 aliphatic carbocycles. The monoisotopic (exact) mass is 309 g/mol. The van der Waals surface area contributed by atoms with Crippen LogP contribution in [0.5, 0.6) is 0 Å². The highest BCUT2D eigenvalue weighted by Gasteiger charge is 2.11. The van der Waals surface area contributed by atoms with Gasteiger partial charge in [0.1, 0.15) is 0 Å². The number of hydrogen-bond acceptors (Lipinski definition) is 3. The molecule has 21 heavy (non-hydrogen) atoms. The normalized spacial score (nSPS) is 10.2. The summed E-state index contributed by atoms with van der Waals surface area (Å²) in [6.07, 6.45) is 4.39. The first-order valence-electron chi connectivity index (χ1n) is 7.38. The van der Waals surface area contributed by atoms with Gasteiger partial charge in [-0.15, -0.1) is 0 Å². The molecule has 0 saturated heterocycles. The maximum atomic E-state index is 10.8. The van der Waals surface area contributed by atoms with Gasteiger partial charge in [-0.05, 0) is 31.1 Å². The van der Waals surface area contributed by atoms with Crippen LogP contribution >= 0.6 is 12.2 Å². The van der Waals surface area contributed by atoms with Crippen molar-refractivity contribution in [3.05, 3.63) is 34.4 Å². The lowest BCUT2D eigenvalue weighted by Crippen LogP contribution is -2.36. The summed E-state index contributed by atoms with van der Waals surface area (Å²) in [6.45, 7) is 6.12. The number of nitro groups is 1. The molecule has 0 aliphatic rings. The zero-order chi connectivity index (χ0) is 15.7. The SMILES string of the molecule is CCCCN(CCCC)C(=S)Nc1cccc([N+](=O)[O-])c1. The van der Waals surface area contributed by atoms with E-state index in [-0.39, 0.29) is 5.69 Å². The topological polar surface area (TPSA) is 58.4 Å². The average molecular weight is 309 g/mol. The average Bonchev–Trinajstić information content (AvgIpc) is 2.47. The van der Waals surface area contributed by atoms with Crippen molar-refractivity contribution in [2.45, 2.75) is 39.5 Å². The lowest BCUT2D eigenvalue weighted by Gasteiger charge is -2.25. The van der Waals surface area contributed by atoms with Crippen LogP contribution in [0.15, 0.2) is 24.3 Å². The van der Waals surface area contributed by atoms with Crippen molar-refractivity contribution in [2.24, 2.45) is 0 Å². The molecule has 1 aromatic carbocycles. The Morgan fingerprint density at radius 2 is 1.90 bits per heavy atom. The Morgan fingerprint density at radius 1 is 1.29 bits per heavy atom. The lowest BCUT2D eigenvalue weighted by atomic mass is 10.2. The van der Waals surface area contributed by atoms with Crippen molar-refractivity contribution >= 4 is 28.7 Å². The fourth-order valence-corrected chi connectivity index (χ4v) is 2.21. The van der Waals surface area contributed by atoms with Gasteiger partial charge in [0.2, 0.25) is 0 Å². The van der Waals surface area contributed by atoms with Crippen LogP contribution in [0.25, 0.3) is 0 Å². The van der Waals surface area contributed by atoms with Crippen molar-refractivity contribution in [1.82, 2.24) is 4.90 Å². The first-order valence-corrected chi connectivity index (χ1v) is 7.79.